The minimum atomic E-state index is -0.843. The number of fused-ring (bicyclic) bond motifs is 1. The summed E-state index contributed by atoms with van der Waals surface area (Å²) < 4.78 is 10.9. The highest BCUT2D eigenvalue weighted by molar-refractivity contribution is 5.92. The Morgan fingerprint density at radius 1 is 1.48 bits per heavy atom. The number of amides is 1. The Morgan fingerprint density at radius 3 is 2.83 bits per heavy atom. The van der Waals surface area contributed by atoms with Crippen molar-refractivity contribution in [2.45, 2.75) is 44.4 Å². The molecule has 1 saturated heterocycles. The third kappa shape index (κ3) is 2.57. The Bertz CT molecular complexity index is 656. The molecule has 2 N–H and O–H groups in total. The lowest BCUT2D eigenvalue weighted by Crippen LogP contribution is -2.53. The van der Waals surface area contributed by atoms with E-state index in [1.807, 2.05) is 13.8 Å². The number of benzene rings is 1. The molecule has 2 aliphatic rings. The molecule has 3 rings (SSSR count). The van der Waals surface area contributed by atoms with E-state index in [0.29, 0.717) is 24.3 Å². The normalized spacial score (nSPS) is 25.7. The molecule has 0 aromatic heterocycles. The van der Waals surface area contributed by atoms with Gasteiger partial charge in [0.1, 0.15) is 17.5 Å². The first-order valence-corrected chi connectivity index (χ1v) is 7.78. The van der Waals surface area contributed by atoms with E-state index in [9.17, 15) is 9.90 Å². The minimum Gasteiger partial charge on any atom is -0.485 e. The molecule has 6 nitrogen and oxygen atoms in total. The van der Waals surface area contributed by atoms with Gasteiger partial charge in [-0.2, -0.15) is 0 Å². The highest BCUT2D eigenvalue weighted by atomic mass is 16.5. The molecule has 124 valence electrons. The van der Waals surface area contributed by atoms with Crippen molar-refractivity contribution in [2.24, 2.45) is 0 Å². The molecular weight excluding hydrogens is 296 g/mol. The monoisotopic (exact) mass is 318 g/mol. The fraction of sp³-hybridized carbons (Fsp3) is 0.529. The number of aliphatic hydroxyl groups is 1. The van der Waals surface area contributed by atoms with Crippen LogP contribution in [0.5, 0.6) is 5.75 Å². The van der Waals surface area contributed by atoms with E-state index >= 15 is 0 Å². The first kappa shape index (κ1) is 15.8. The molecule has 0 bridgehead atoms. The van der Waals surface area contributed by atoms with E-state index in [2.05, 4.69) is 0 Å². The number of carbonyl (C=O) groups excluding carboxylic acids is 1. The van der Waals surface area contributed by atoms with Crippen LogP contribution in [0.1, 0.15) is 43.9 Å². The van der Waals surface area contributed by atoms with E-state index in [1.54, 1.807) is 23.1 Å². The van der Waals surface area contributed by atoms with Gasteiger partial charge in [-0.15, -0.1) is 0 Å². The summed E-state index contributed by atoms with van der Waals surface area (Å²) in [5.74, 6) is 0.723. The third-order valence-electron chi connectivity index (χ3n) is 4.62. The van der Waals surface area contributed by atoms with E-state index < -0.39 is 17.7 Å². The lowest BCUT2D eigenvalue weighted by Gasteiger charge is -2.45. The molecule has 0 radical (unpaired) electrons. The van der Waals surface area contributed by atoms with Gasteiger partial charge in [-0.1, -0.05) is 0 Å². The zero-order valence-corrected chi connectivity index (χ0v) is 13.6. The number of hydrogen-bond donors (Lipinski definition) is 2. The maximum absolute atomic E-state index is 12.2. The van der Waals surface area contributed by atoms with Crippen LogP contribution in [0, 0.1) is 5.41 Å². The molecule has 1 amide bonds. The number of aliphatic hydroxyl groups excluding tert-OH is 1. The molecular formula is C17H22N2O4. The Labute approximate surface area is 135 Å². The molecule has 1 aromatic rings. The minimum absolute atomic E-state index is 0.0404. The number of likely N-dealkylation sites (tertiary alicyclic amines) is 1. The first-order chi connectivity index (χ1) is 10.8. The maximum Gasteiger partial charge on any atom is 0.223 e. The average Bonchev–Trinajstić information content (AvgIpc) is 2.93. The van der Waals surface area contributed by atoms with Gasteiger partial charge >= 0.3 is 0 Å². The summed E-state index contributed by atoms with van der Waals surface area (Å²) in [7, 11) is 1.44. The SMILES string of the molecule is COC(=N)c1ccc2c(c1)C(N1CCCC1=O)[C@H](O)C(C)(C)O2. The Morgan fingerprint density at radius 2 is 2.22 bits per heavy atom. The predicted octanol–water partition coefficient (Wildman–Crippen LogP) is 1.85. The Hall–Kier alpha value is -2.08. The van der Waals surface area contributed by atoms with Gasteiger partial charge in [0.15, 0.2) is 0 Å². The number of nitrogens with zero attached hydrogens (tertiary/aromatic N) is 1. The topological polar surface area (TPSA) is 82.9 Å². The fourth-order valence-electron chi connectivity index (χ4n) is 3.33. The molecule has 23 heavy (non-hydrogen) atoms. The van der Waals surface area contributed by atoms with Gasteiger partial charge in [0, 0.05) is 24.1 Å². The van der Waals surface area contributed by atoms with Crippen LogP contribution in [-0.4, -0.2) is 47.2 Å². The van der Waals surface area contributed by atoms with Crippen molar-refractivity contribution in [3.63, 3.8) is 0 Å². The van der Waals surface area contributed by atoms with Gasteiger partial charge < -0.3 is 19.5 Å². The molecule has 2 atom stereocenters. The standard InChI is InChI=1S/C17H22N2O4/c1-17(2)15(21)14(19-8-4-5-13(19)20)11-9-10(16(18)22-3)6-7-12(11)23-17/h6-7,9,14-15,18,21H,4-5,8H2,1-3H3/t14?,15-/m0/s1. The van der Waals surface area contributed by atoms with Crippen molar-refractivity contribution in [1.29, 1.82) is 5.41 Å². The molecule has 0 spiro atoms. The Balaban J connectivity index is 2.10. The van der Waals surface area contributed by atoms with Crippen LogP contribution in [0.2, 0.25) is 0 Å². The van der Waals surface area contributed by atoms with Crippen LogP contribution in [-0.2, 0) is 9.53 Å². The summed E-state index contributed by atoms with van der Waals surface area (Å²) in [5.41, 5.74) is 0.529. The zero-order valence-electron chi connectivity index (χ0n) is 13.6. The van der Waals surface area contributed by atoms with Crippen LogP contribution in [0.15, 0.2) is 18.2 Å². The third-order valence-corrected chi connectivity index (χ3v) is 4.62. The summed E-state index contributed by atoms with van der Waals surface area (Å²) in [6, 6.07) is 4.84. The number of carbonyl (C=O) groups is 1. The van der Waals surface area contributed by atoms with Crippen molar-refractivity contribution >= 4 is 11.8 Å². The smallest absolute Gasteiger partial charge is 0.223 e. The van der Waals surface area contributed by atoms with Crippen LogP contribution in [0.3, 0.4) is 0 Å². The lowest BCUT2D eigenvalue weighted by molar-refractivity contribution is -0.139. The largest absolute Gasteiger partial charge is 0.485 e. The molecule has 0 saturated carbocycles. The molecule has 6 heteroatoms. The second-order valence-corrected chi connectivity index (χ2v) is 6.57. The van der Waals surface area contributed by atoms with Crippen LogP contribution in [0.4, 0.5) is 0 Å². The molecule has 2 heterocycles. The van der Waals surface area contributed by atoms with Crippen molar-refractivity contribution in [2.75, 3.05) is 13.7 Å². The number of hydrogen-bond acceptors (Lipinski definition) is 5. The average molecular weight is 318 g/mol. The number of rotatable bonds is 2. The van der Waals surface area contributed by atoms with Crippen molar-refractivity contribution in [3.8, 4) is 5.75 Å². The molecule has 1 unspecified atom stereocenters. The Kier molecular flexibility index (Phi) is 3.80. The second kappa shape index (κ2) is 5.53. The number of ether oxygens (including phenoxy) is 2. The van der Waals surface area contributed by atoms with Crippen LogP contribution in [0.25, 0.3) is 0 Å². The second-order valence-electron chi connectivity index (χ2n) is 6.57. The van der Waals surface area contributed by atoms with E-state index in [4.69, 9.17) is 14.9 Å². The van der Waals surface area contributed by atoms with Gasteiger partial charge in [-0.3, -0.25) is 10.2 Å². The lowest BCUT2D eigenvalue weighted by atomic mass is 9.85. The summed E-state index contributed by atoms with van der Waals surface area (Å²) in [6.07, 6.45) is 0.462. The highest BCUT2D eigenvalue weighted by Gasteiger charge is 2.47. The number of methoxy groups -OCH3 is 1. The molecule has 1 aromatic carbocycles. The van der Waals surface area contributed by atoms with Gasteiger partial charge in [0.25, 0.3) is 0 Å². The summed E-state index contributed by atoms with van der Waals surface area (Å²) in [5, 5.41) is 18.6. The van der Waals surface area contributed by atoms with Crippen LogP contribution >= 0.6 is 0 Å². The van der Waals surface area contributed by atoms with Crippen LogP contribution < -0.4 is 4.74 Å². The van der Waals surface area contributed by atoms with E-state index in [-0.39, 0.29) is 11.8 Å². The molecule has 1 fully saturated rings. The van der Waals surface area contributed by atoms with E-state index in [0.717, 1.165) is 12.0 Å². The molecule has 2 aliphatic heterocycles. The zero-order chi connectivity index (χ0) is 16.8. The number of nitrogens with one attached hydrogen (secondary N) is 1. The predicted molar refractivity (Wildman–Crippen MR) is 84.7 cm³/mol. The fourth-order valence-corrected chi connectivity index (χ4v) is 3.33. The first-order valence-electron chi connectivity index (χ1n) is 7.78. The van der Waals surface area contributed by atoms with Gasteiger partial charge in [-0.25, -0.2) is 0 Å². The maximum atomic E-state index is 12.2. The van der Waals surface area contributed by atoms with Gasteiger partial charge in [0.2, 0.25) is 11.8 Å². The quantitative estimate of drug-likeness (QED) is 0.644. The molecule has 0 aliphatic carbocycles. The van der Waals surface area contributed by atoms with Crippen molar-refractivity contribution in [3.05, 3.63) is 29.3 Å². The summed E-state index contributed by atoms with van der Waals surface area (Å²) in [6.45, 7) is 4.26. The highest BCUT2D eigenvalue weighted by Crippen LogP contribution is 2.44. The summed E-state index contributed by atoms with van der Waals surface area (Å²) in [4.78, 5) is 14.0. The van der Waals surface area contributed by atoms with Crippen molar-refractivity contribution in [1.82, 2.24) is 4.90 Å². The van der Waals surface area contributed by atoms with E-state index in [1.165, 1.54) is 7.11 Å². The van der Waals surface area contributed by atoms with Gasteiger partial charge in [0.05, 0.1) is 13.2 Å². The van der Waals surface area contributed by atoms with Crippen molar-refractivity contribution < 1.29 is 19.4 Å². The van der Waals surface area contributed by atoms with Gasteiger partial charge in [-0.05, 0) is 38.5 Å². The summed E-state index contributed by atoms with van der Waals surface area (Å²) >= 11 is 0.